The van der Waals surface area contributed by atoms with E-state index in [1.807, 2.05) is 31.2 Å². The Labute approximate surface area is 191 Å². The van der Waals surface area contributed by atoms with Crippen molar-refractivity contribution < 1.29 is 15.0 Å². The van der Waals surface area contributed by atoms with Crippen LogP contribution in [0.25, 0.3) is 10.6 Å². The van der Waals surface area contributed by atoms with Crippen molar-refractivity contribution in [1.82, 2.24) is 4.73 Å². The summed E-state index contributed by atoms with van der Waals surface area (Å²) in [5, 5.41) is 10.9. The average molecular weight is 465 g/mol. The molecule has 1 heterocycles. The summed E-state index contributed by atoms with van der Waals surface area (Å²) in [5.74, 6) is -0.192. The average Bonchev–Trinajstić information content (AvgIpc) is 3.01. The van der Waals surface area contributed by atoms with Gasteiger partial charge in [-0.3, -0.25) is 4.89 Å². The Morgan fingerprint density at radius 1 is 1.27 bits per heavy atom. The van der Waals surface area contributed by atoms with E-state index in [2.05, 4.69) is 48.9 Å². The second kappa shape index (κ2) is 11.1. The van der Waals surface area contributed by atoms with E-state index < -0.39 is 0 Å². The standard InChI is InChI=1S/C22H25ClN2O3S2/c1-6-24(7-2)18-11-9-17(10-12-18)19(23)14-15(4)13-16(5)20-21(26)25(22(29)30-20)28-27-8-3/h8-14,26H,3,5-7H2,1-2,4H3/b15-13?,19-14-. The number of aromatic hydroxyl groups is 1. The highest BCUT2D eigenvalue weighted by atomic mass is 35.5. The fourth-order valence-corrected chi connectivity index (χ4v) is 4.19. The summed E-state index contributed by atoms with van der Waals surface area (Å²) in [6, 6.07) is 8.14. The van der Waals surface area contributed by atoms with Gasteiger partial charge in [0, 0.05) is 23.8 Å². The Hall–Kier alpha value is -2.48. The summed E-state index contributed by atoms with van der Waals surface area (Å²) in [6.07, 6.45) is 4.74. The van der Waals surface area contributed by atoms with Gasteiger partial charge < -0.3 is 10.0 Å². The molecule has 0 aliphatic heterocycles. The summed E-state index contributed by atoms with van der Waals surface area (Å²) in [5.41, 5.74) is 3.52. The van der Waals surface area contributed by atoms with Gasteiger partial charge in [-0.2, -0.15) is 4.99 Å². The molecule has 0 aliphatic rings. The third-order valence-corrected chi connectivity index (χ3v) is 5.99. The van der Waals surface area contributed by atoms with Crippen molar-refractivity contribution in [2.24, 2.45) is 0 Å². The molecule has 0 aliphatic carbocycles. The van der Waals surface area contributed by atoms with Crippen molar-refractivity contribution in [2.45, 2.75) is 20.8 Å². The van der Waals surface area contributed by atoms with Crippen LogP contribution in [0.4, 0.5) is 5.69 Å². The predicted octanol–water partition coefficient (Wildman–Crippen LogP) is 6.57. The molecule has 0 unspecified atom stereocenters. The number of rotatable bonds is 10. The van der Waals surface area contributed by atoms with Crippen molar-refractivity contribution >= 4 is 51.4 Å². The van der Waals surface area contributed by atoms with Gasteiger partial charge in [0.05, 0.1) is 0 Å². The third-order valence-electron chi connectivity index (χ3n) is 4.26. The van der Waals surface area contributed by atoms with Crippen LogP contribution in [-0.2, 0) is 4.89 Å². The van der Waals surface area contributed by atoms with Gasteiger partial charge in [-0.05, 0) is 67.9 Å². The van der Waals surface area contributed by atoms with Crippen molar-refractivity contribution in [3.8, 4) is 5.88 Å². The summed E-state index contributed by atoms with van der Waals surface area (Å²) < 4.78 is 1.27. The minimum atomic E-state index is -0.192. The van der Waals surface area contributed by atoms with Crippen molar-refractivity contribution in [3.05, 3.63) is 75.8 Å². The van der Waals surface area contributed by atoms with E-state index >= 15 is 0 Å². The van der Waals surface area contributed by atoms with Crippen LogP contribution in [0.3, 0.4) is 0 Å². The molecule has 160 valence electrons. The highest BCUT2D eigenvalue weighted by Gasteiger charge is 2.15. The normalized spacial score (nSPS) is 11.9. The van der Waals surface area contributed by atoms with Gasteiger partial charge in [0.15, 0.2) is 0 Å². The largest absolute Gasteiger partial charge is 0.491 e. The number of hydrogen-bond donors (Lipinski definition) is 1. The second-order valence-electron chi connectivity index (χ2n) is 6.28. The molecule has 8 heteroatoms. The zero-order valence-electron chi connectivity index (χ0n) is 17.2. The van der Waals surface area contributed by atoms with Gasteiger partial charge in [-0.15, -0.1) is 0 Å². The molecule has 0 atom stereocenters. The molecule has 0 radical (unpaired) electrons. The molecule has 1 aromatic carbocycles. The second-order valence-corrected chi connectivity index (χ2v) is 8.33. The molecule has 0 spiro atoms. The molecule has 5 nitrogen and oxygen atoms in total. The number of hydrogen-bond acceptors (Lipinski definition) is 6. The van der Waals surface area contributed by atoms with Gasteiger partial charge in [0.2, 0.25) is 3.95 Å². The Morgan fingerprint density at radius 3 is 2.47 bits per heavy atom. The van der Waals surface area contributed by atoms with Crippen LogP contribution in [-0.4, -0.2) is 22.9 Å². The first-order chi connectivity index (χ1) is 14.3. The molecular formula is C22H25ClN2O3S2. The van der Waals surface area contributed by atoms with E-state index in [1.165, 1.54) is 0 Å². The molecular weight excluding hydrogens is 440 g/mol. The Balaban J connectivity index is 2.20. The van der Waals surface area contributed by atoms with Gasteiger partial charge in [0.25, 0.3) is 5.88 Å². The van der Waals surface area contributed by atoms with Crippen molar-refractivity contribution in [1.29, 1.82) is 0 Å². The summed E-state index contributed by atoms with van der Waals surface area (Å²) in [6.45, 7) is 15.5. The summed E-state index contributed by atoms with van der Waals surface area (Å²) >= 11 is 12.8. The van der Waals surface area contributed by atoms with Crippen LogP contribution in [0.15, 0.2) is 61.4 Å². The molecule has 0 fully saturated rings. The topological polar surface area (TPSA) is 46.9 Å². The lowest BCUT2D eigenvalue weighted by Crippen LogP contribution is -2.21. The fourth-order valence-electron chi connectivity index (χ4n) is 2.79. The lowest BCUT2D eigenvalue weighted by molar-refractivity contribution is -0.251. The first-order valence-corrected chi connectivity index (χ1v) is 10.9. The van der Waals surface area contributed by atoms with E-state index in [0.29, 0.717) is 15.5 Å². The number of halogens is 1. The van der Waals surface area contributed by atoms with Crippen LogP contribution in [0.2, 0.25) is 0 Å². The maximum atomic E-state index is 10.3. The van der Waals surface area contributed by atoms with Crippen LogP contribution in [0.5, 0.6) is 5.88 Å². The molecule has 0 amide bonds. The smallest absolute Gasteiger partial charge is 0.250 e. The minimum absolute atomic E-state index is 0.192. The number of thiazole rings is 1. The maximum Gasteiger partial charge on any atom is 0.250 e. The van der Waals surface area contributed by atoms with E-state index in [1.54, 1.807) is 0 Å². The zero-order valence-corrected chi connectivity index (χ0v) is 19.6. The van der Waals surface area contributed by atoms with E-state index in [-0.39, 0.29) is 9.83 Å². The van der Waals surface area contributed by atoms with Gasteiger partial charge in [-0.25, -0.2) is 0 Å². The molecule has 0 saturated heterocycles. The van der Waals surface area contributed by atoms with E-state index in [4.69, 9.17) is 28.8 Å². The van der Waals surface area contributed by atoms with Crippen LogP contribution in [0, 0.1) is 3.95 Å². The Bertz CT molecular complexity index is 1020. The monoisotopic (exact) mass is 464 g/mol. The Kier molecular flexibility index (Phi) is 8.77. The highest BCUT2D eigenvalue weighted by molar-refractivity contribution is 7.73. The molecule has 1 N–H and O–H groups in total. The summed E-state index contributed by atoms with van der Waals surface area (Å²) in [4.78, 5) is 12.2. The van der Waals surface area contributed by atoms with E-state index in [0.717, 1.165) is 52.2 Å². The lowest BCUT2D eigenvalue weighted by atomic mass is 10.1. The first kappa shape index (κ1) is 23.8. The first-order valence-electron chi connectivity index (χ1n) is 9.32. The predicted molar refractivity (Wildman–Crippen MR) is 129 cm³/mol. The molecule has 2 rings (SSSR count). The van der Waals surface area contributed by atoms with Gasteiger partial charge in [-0.1, -0.05) is 59.0 Å². The van der Waals surface area contributed by atoms with E-state index in [9.17, 15) is 5.11 Å². The van der Waals surface area contributed by atoms with Gasteiger partial charge in [0.1, 0.15) is 11.1 Å². The SMILES string of the molecule is C=COOn1c(O)c(C(=C)C=C(C)/C=C(\Cl)c2ccc(N(CC)CC)cc2)sc1=S. The molecule has 0 bridgehead atoms. The molecule has 30 heavy (non-hydrogen) atoms. The van der Waals surface area contributed by atoms with Crippen LogP contribution < -0.4 is 9.89 Å². The lowest BCUT2D eigenvalue weighted by Gasteiger charge is -2.21. The van der Waals surface area contributed by atoms with Crippen LogP contribution in [0.1, 0.15) is 31.2 Å². The highest BCUT2D eigenvalue weighted by Crippen LogP contribution is 2.33. The summed E-state index contributed by atoms with van der Waals surface area (Å²) in [7, 11) is 0. The van der Waals surface area contributed by atoms with Gasteiger partial charge >= 0.3 is 0 Å². The molecule has 1 aromatic heterocycles. The number of benzene rings is 1. The minimum Gasteiger partial charge on any atom is -0.491 e. The van der Waals surface area contributed by atoms with Crippen molar-refractivity contribution in [2.75, 3.05) is 18.0 Å². The Morgan fingerprint density at radius 2 is 1.90 bits per heavy atom. The quantitative estimate of drug-likeness (QED) is 0.141. The number of aromatic nitrogens is 1. The van der Waals surface area contributed by atoms with Crippen LogP contribution >= 0.6 is 35.2 Å². The third kappa shape index (κ3) is 5.78. The number of anilines is 1. The number of allylic oxidation sites excluding steroid dienone is 4. The zero-order chi connectivity index (χ0) is 22.3. The number of nitrogens with zero attached hydrogens (tertiary/aromatic N) is 2. The fraction of sp³-hybridized carbons (Fsp3) is 0.227. The van der Waals surface area contributed by atoms with Crippen molar-refractivity contribution in [3.63, 3.8) is 0 Å². The molecule has 2 aromatic rings. The maximum absolute atomic E-state index is 10.3. The molecule has 0 saturated carbocycles.